The molecular weight excluding hydrogens is 226 g/mol. The van der Waals surface area contributed by atoms with Gasteiger partial charge in [0.25, 0.3) is 0 Å². The summed E-state index contributed by atoms with van der Waals surface area (Å²) >= 11 is 0. The maximum absolute atomic E-state index is 13.2. The fourth-order valence-electron chi connectivity index (χ4n) is 1.38. The second-order valence-corrected chi connectivity index (χ2v) is 3.84. The van der Waals surface area contributed by atoms with Gasteiger partial charge in [-0.2, -0.15) is 0 Å². The van der Waals surface area contributed by atoms with Gasteiger partial charge in [-0.1, -0.05) is 25.8 Å². The lowest BCUT2D eigenvalue weighted by Gasteiger charge is -2.12. The van der Waals surface area contributed by atoms with Crippen molar-refractivity contribution in [2.24, 2.45) is 5.73 Å². The number of nitrogens with two attached hydrogens (primary N) is 1. The van der Waals surface area contributed by atoms with Crippen LogP contribution in [0.5, 0.6) is 0 Å². The molecule has 0 unspecified atom stereocenters. The minimum atomic E-state index is -1.07. The Morgan fingerprint density at radius 2 is 2.18 bits per heavy atom. The molecule has 3 nitrogen and oxygen atoms in total. The van der Waals surface area contributed by atoms with E-state index in [-0.39, 0.29) is 5.69 Å². The van der Waals surface area contributed by atoms with Crippen LogP contribution in [0.2, 0.25) is 0 Å². The second-order valence-electron chi connectivity index (χ2n) is 3.84. The zero-order valence-corrected chi connectivity index (χ0v) is 9.67. The van der Waals surface area contributed by atoms with Gasteiger partial charge in [0.2, 0.25) is 5.91 Å². The summed E-state index contributed by atoms with van der Waals surface area (Å²) in [6.45, 7) is 1.98. The van der Waals surface area contributed by atoms with Crippen LogP contribution in [0.15, 0.2) is 18.2 Å². The highest BCUT2D eigenvalue weighted by atomic mass is 19.2. The number of rotatable bonds is 5. The quantitative estimate of drug-likeness (QED) is 0.833. The molecule has 94 valence electrons. The zero-order valence-electron chi connectivity index (χ0n) is 9.67. The molecule has 0 radical (unpaired) electrons. The van der Waals surface area contributed by atoms with Gasteiger partial charge >= 0.3 is 0 Å². The Morgan fingerprint density at radius 1 is 1.47 bits per heavy atom. The third-order valence-corrected chi connectivity index (χ3v) is 2.41. The number of benzene rings is 1. The highest BCUT2D eigenvalue weighted by Crippen LogP contribution is 2.16. The molecular formula is C12H16F2N2O. The Kier molecular flexibility index (Phi) is 5.03. The number of amides is 1. The molecule has 1 amide bonds. The molecule has 0 aliphatic rings. The maximum Gasteiger partial charge on any atom is 0.241 e. The number of anilines is 1. The van der Waals surface area contributed by atoms with Crippen LogP contribution >= 0.6 is 0 Å². The summed E-state index contributed by atoms with van der Waals surface area (Å²) in [5, 5.41) is 2.28. The van der Waals surface area contributed by atoms with Crippen molar-refractivity contribution in [2.75, 3.05) is 5.32 Å². The lowest BCUT2D eigenvalue weighted by Crippen LogP contribution is -2.35. The number of nitrogens with one attached hydrogen (secondary N) is 1. The van der Waals surface area contributed by atoms with Gasteiger partial charge in [0, 0.05) is 0 Å². The lowest BCUT2D eigenvalue weighted by molar-refractivity contribution is -0.117. The summed E-state index contributed by atoms with van der Waals surface area (Å²) in [5.74, 6) is -2.56. The first-order valence-electron chi connectivity index (χ1n) is 5.56. The standard InChI is InChI=1S/C12H16F2N2O/c1-2-3-6-9(15)12(17)16-10-7-4-5-8(13)11(10)14/h4-5,7,9H,2-3,6,15H2,1H3,(H,16,17)/t9-/m0/s1. The summed E-state index contributed by atoms with van der Waals surface area (Å²) in [5.41, 5.74) is 5.43. The molecule has 5 heteroatoms. The molecule has 0 heterocycles. The van der Waals surface area contributed by atoms with Crippen molar-refractivity contribution in [1.29, 1.82) is 0 Å². The third-order valence-electron chi connectivity index (χ3n) is 2.41. The lowest BCUT2D eigenvalue weighted by atomic mass is 10.1. The van der Waals surface area contributed by atoms with E-state index in [1.807, 2.05) is 6.92 Å². The second kappa shape index (κ2) is 6.30. The van der Waals surface area contributed by atoms with E-state index in [0.29, 0.717) is 6.42 Å². The fourth-order valence-corrected chi connectivity index (χ4v) is 1.38. The Bertz CT molecular complexity index is 396. The highest BCUT2D eigenvalue weighted by molar-refractivity contribution is 5.94. The van der Waals surface area contributed by atoms with Crippen LogP contribution in [-0.4, -0.2) is 11.9 Å². The van der Waals surface area contributed by atoms with Crippen LogP contribution in [0.25, 0.3) is 0 Å². The average Bonchev–Trinajstić information content (AvgIpc) is 2.31. The largest absolute Gasteiger partial charge is 0.322 e. The summed E-state index contributed by atoms with van der Waals surface area (Å²) in [4.78, 5) is 11.6. The molecule has 1 rings (SSSR count). The van der Waals surface area contributed by atoms with E-state index in [4.69, 9.17) is 5.73 Å². The molecule has 0 bridgehead atoms. The van der Waals surface area contributed by atoms with Crippen molar-refractivity contribution in [1.82, 2.24) is 0 Å². The van der Waals surface area contributed by atoms with Crippen LogP contribution in [0.4, 0.5) is 14.5 Å². The van der Waals surface area contributed by atoms with Gasteiger partial charge in [-0.15, -0.1) is 0 Å². The smallest absolute Gasteiger partial charge is 0.241 e. The molecule has 0 aliphatic heterocycles. The van der Waals surface area contributed by atoms with Crippen molar-refractivity contribution >= 4 is 11.6 Å². The molecule has 0 spiro atoms. The van der Waals surface area contributed by atoms with E-state index < -0.39 is 23.6 Å². The number of carbonyl (C=O) groups excluding carboxylic acids is 1. The molecule has 0 saturated heterocycles. The van der Waals surface area contributed by atoms with Crippen molar-refractivity contribution in [3.63, 3.8) is 0 Å². The van der Waals surface area contributed by atoms with Gasteiger partial charge in [-0.3, -0.25) is 4.79 Å². The summed E-state index contributed by atoms with van der Waals surface area (Å²) in [6, 6.07) is 2.91. The van der Waals surface area contributed by atoms with Crippen LogP contribution in [0, 0.1) is 11.6 Å². The van der Waals surface area contributed by atoms with Gasteiger partial charge in [-0.25, -0.2) is 8.78 Å². The van der Waals surface area contributed by atoms with Crippen LogP contribution < -0.4 is 11.1 Å². The number of carbonyl (C=O) groups is 1. The monoisotopic (exact) mass is 242 g/mol. The topological polar surface area (TPSA) is 55.1 Å². The minimum Gasteiger partial charge on any atom is -0.322 e. The molecule has 3 N–H and O–H groups in total. The molecule has 17 heavy (non-hydrogen) atoms. The molecule has 0 aromatic heterocycles. The van der Waals surface area contributed by atoms with Crippen molar-refractivity contribution in [3.8, 4) is 0 Å². The predicted octanol–water partition coefficient (Wildman–Crippen LogP) is 2.42. The number of hydrogen-bond acceptors (Lipinski definition) is 2. The van der Waals surface area contributed by atoms with E-state index in [9.17, 15) is 13.6 Å². The van der Waals surface area contributed by atoms with Crippen LogP contribution in [0.1, 0.15) is 26.2 Å². The average molecular weight is 242 g/mol. The molecule has 0 saturated carbocycles. The van der Waals surface area contributed by atoms with Crippen molar-refractivity contribution in [2.45, 2.75) is 32.2 Å². The molecule has 0 fully saturated rings. The van der Waals surface area contributed by atoms with Gasteiger partial charge in [0.1, 0.15) is 0 Å². The van der Waals surface area contributed by atoms with Gasteiger partial charge < -0.3 is 11.1 Å². The van der Waals surface area contributed by atoms with Gasteiger partial charge in [0.15, 0.2) is 11.6 Å². The van der Waals surface area contributed by atoms with Gasteiger partial charge in [0.05, 0.1) is 11.7 Å². The Morgan fingerprint density at radius 3 is 2.82 bits per heavy atom. The van der Waals surface area contributed by atoms with Crippen molar-refractivity contribution < 1.29 is 13.6 Å². The van der Waals surface area contributed by atoms with Crippen LogP contribution in [0.3, 0.4) is 0 Å². The number of unbranched alkanes of at least 4 members (excludes halogenated alkanes) is 1. The molecule has 0 aliphatic carbocycles. The minimum absolute atomic E-state index is 0.179. The Labute approximate surface area is 99.0 Å². The normalized spacial score (nSPS) is 12.2. The molecule has 1 aromatic carbocycles. The summed E-state index contributed by atoms with van der Waals surface area (Å²) in [6.07, 6.45) is 2.27. The highest BCUT2D eigenvalue weighted by Gasteiger charge is 2.15. The van der Waals surface area contributed by atoms with E-state index in [1.54, 1.807) is 0 Å². The van der Waals surface area contributed by atoms with Gasteiger partial charge in [-0.05, 0) is 18.6 Å². The maximum atomic E-state index is 13.2. The predicted molar refractivity (Wildman–Crippen MR) is 62.5 cm³/mol. The number of halogens is 2. The first kappa shape index (κ1) is 13.6. The van der Waals surface area contributed by atoms with E-state index in [0.717, 1.165) is 18.9 Å². The molecule has 1 atom stereocenters. The van der Waals surface area contributed by atoms with E-state index in [1.165, 1.54) is 12.1 Å². The summed E-state index contributed by atoms with van der Waals surface area (Å²) in [7, 11) is 0. The van der Waals surface area contributed by atoms with E-state index >= 15 is 0 Å². The van der Waals surface area contributed by atoms with Crippen LogP contribution in [-0.2, 0) is 4.79 Å². The fraction of sp³-hybridized carbons (Fsp3) is 0.417. The Balaban J connectivity index is 2.64. The molecule has 1 aromatic rings. The van der Waals surface area contributed by atoms with Crippen molar-refractivity contribution in [3.05, 3.63) is 29.8 Å². The number of hydrogen-bond donors (Lipinski definition) is 2. The first-order valence-corrected chi connectivity index (χ1v) is 5.56. The third kappa shape index (κ3) is 3.78. The first-order chi connectivity index (χ1) is 8.06. The zero-order chi connectivity index (χ0) is 12.8. The van der Waals surface area contributed by atoms with E-state index in [2.05, 4.69) is 5.32 Å². The summed E-state index contributed by atoms with van der Waals surface area (Å²) < 4.78 is 26.1. The Hall–Kier alpha value is -1.49. The SMILES string of the molecule is CCCC[C@H](N)C(=O)Nc1cccc(F)c1F.